The van der Waals surface area contributed by atoms with Crippen molar-refractivity contribution in [2.75, 3.05) is 25.1 Å². The number of hydrogen-bond donors (Lipinski definition) is 1. The smallest absolute Gasteiger partial charge is 0.485 e. The van der Waals surface area contributed by atoms with E-state index in [1.54, 1.807) is 11.3 Å². The second kappa shape index (κ2) is 6.54. The van der Waals surface area contributed by atoms with Crippen LogP contribution in [0.25, 0.3) is 10.2 Å². The second-order valence-corrected chi connectivity index (χ2v) is 4.77. The molecule has 0 aliphatic carbocycles. The minimum Gasteiger partial charge on any atom is -0.485 e. The maximum Gasteiger partial charge on any atom is 1.00 e. The average molecular weight is 316 g/mol. The van der Waals surface area contributed by atoms with Gasteiger partial charge in [-0.1, -0.05) is 23.5 Å². The zero-order chi connectivity index (χ0) is 10.8. The van der Waals surface area contributed by atoms with E-state index in [0.717, 1.165) is 30.4 Å². The SMILES string of the molecule is [C-]1=CCN(CNc2nc3ccccc3s2)C1.[Rb+]. The molecule has 0 radical (unpaired) electrons. The Hall–Kier alpha value is 0.415. The summed E-state index contributed by atoms with van der Waals surface area (Å²) in [5, 5.41) is 4.34. The number of benzene rings is 1. The third-order valence-corrected chi connectivity index (χ3v) is 3.55. The summed E-state index contributed by atoms with van der Waals surface area (Å²) in [5.41, 5.74) is 1.07. The Balaban J connectivity index is 0.00000108. The molecule has 0 spiro atoms. The summed E-state index contributed by atoms with van der Waals surface area (Å²) in [7, 11) is 0. The van der Waals surface area contributed by atoms with Crippen LogP contribution in [-0.2, 0) is 0 Å². The van der Waals surface area contributed by atoms with Gasteiger partial charge in [-0.05, 0) is 18.7 Å². The first-order chi connectivity index (χ1) is 7.92. The van der Waals surface area contributed by atoms with Gasteiger partial charge in [-0.3, -0.25) is 6.08 Å². The van der Waals surface area contributed by atoms with Crippen molar-refractivity contribution >= 4 is 26.7 Å². The molecule has 1 aliphatic heterocycles. The first-order valence-corrected chi connectivity index (χ1v) is 6.10. The largest absolute Gasteiger partial charge is 1.00 e. The van der Waals surface area contributed by atoms with E-state index in [-0.39, 0.29) is 58.2 Å². The maximum atomic E-state index is 4.52. The fourth-order valence-corrected chi connectivity index (χ4v) is 2.55. The van der Waals surface area contributed by atoms with Gasteiger partial charge in [0.05, 0.1) is 16.9 Å². The molecule has 0 saturated heterocycles. The van der Waals surface area contributed by atoms with Crippen molar-refractivity contribution < 1.29 is 58.2 Å². The standard InChI is InChI=1S/C12H12N3S.Rb/c1-2-6-11-10(5-1)14-12(16-11)13-9-15-7-3-4-8-15;/h1-3,5-6H,7-9H2,(H,13,14);/q-1;+1. The Kier molecular flexibility index (Phi) is 5.33. The summed E-state index contributed by atoms with van der Waals surface area (Å²) < 4.78 is 1.23. The van der Waals surface area contributed by atoms with Gasteiger partial charge in [0.15, 0.2) is 5.13 Å². The van der Waals surface area contributed by atoms with Crippen molar-refractivity contribution in [1.29, 1.82) is 0 Å². The van der Waals surface area contributed by atoms with Gasteiger partial charge in [0, 0.05) is 0 Å². The van der Waals surface area contributed by atoms with Crippen LogP contribution in [0.5, 0.6) is 0 Å². The zero-order valence-corrected chi connectivity index (χ0v) is 15.5. The van der Waals surface area contributed by atoms with Crippen molar-refractivity contribution in [3.05, 3.63) is 36.4 Å². The van der Waals surface area contributed by atoms with Gasteiger partial charge < -0.3 is 16.3 Å². The summed E-state index contributed by atoms with van der Waals surface area (Å²) in [6.07, 6.45) is 5.25. The summed E-state index contributed by atoms with van der Waals surface area (Å²) in [6, 6.07) is 8.21. The molecule has 3 nitrogen and oxygen atoms in total. The molecule has 0 atom stereocenters. The molecule has 0 bridgehead atoms. The molecule has 3 rings (SSSR count). The zero-order valence-electron chi connectivity index (χ0n) is 9.81. The number of nitrogens with zero attached hydrogens (tertiary/aromatic N) is 2. The van der Waals surface area contributed by atoms with Crippen LogP contribution in [0.15, 0.2) is 30.3 Å². The van der Waals surface area contributed by atoms with Gasteiger partial charge in [-0.2, -0.15) is 0 Å². The fourth-order valence-electron chi connectivity index (χ4n) is 1.70. The Morgan fingerprint density at radius 1 is 1.41 bits per heavy atom. The minimum absolute atomic E-state index is 0. The van der Waals surface area contributed by atoms with Crippen LogP contribution in [-0.4, -0.2) is 29.6 Å². The first kappa shape index (κ1) is 13.8. The second-order valence-electron chi connectivity index (χ2n) is 3.74. The number of fused-ring (bicyclic) bond motifs is 1. The van der Waals surface area contributed by atoms with E-state index in [9.17, 15) is 0 Å². The molecule has 1 aromatic carbocycles. The molecular weight excluding hydrogens is 304 g/mol. The summed E-state index contributed by atoms with van der Waals surface area (Å²) in [4.78, 5) is 6.79. The molecule has 0 amide bonds. The van der Waals surface area contributed by atoms with Crippen molar-refractivity contribution in [3.8, 4) is 0 Å². The van der Waals surface area contributed by atoms with E-state index in [4.69, 9.17) is 0 Å². The Morgan fingerprint density at radius 2 is 2.29 bits per heavy atom. The molecular formula is C12H12N3RbS. The molecule has 1 N–H and O–H groups in total. The molecule has 82 valence electrons. The predicted octanol–water partition coefficient (Wildman–Crippen LogP) is -0.655. The number of aromatic nitrogens is 1. The van der Waals surface area contributed by atoms with E-state index in [1.165, 1.54) is 4.70 Å². The van der Waals surface area contributed by atoms with E-state index < -0.39 is 0 Å². The van der Waals surface area contributed by atoms with Gasteiger partial charge in [0.2, 0.25) is 0 Å². The average Bonchev–Trinajstić information content (AvgIpc) is 2.95. The quantitative estimate of drug-likeness (QED) is 0.763. The number of para-hydroxylation sites is 1. The molecule has 0 unspecified atom stereocenters. The van der Waals surface area contributed by atoms with Crippen LogP contribution in [0.2, 0.25) is 0 Å². The molecule has 2 heterocycles. The molecule has 17 heavy (non-hydrogen) atoms. The summed E-state index contributed by atoms with van der Waals surface area (Å²) in [6.45, 7) is 2.74. The third-order valence-electron chi connectivity index (χ3n) is 2.56. The number of hydrogen-bond acceptors (Lipinski definition) is 4. The topological polar surface area (TPSA) is 28.2 Å². The van der Waals surface area contributed by atoms with Crippen LogP contribution in [0.1, 0.15) is 0 Å². The van der Waals surface area contributed by atoms with Crippen molar-refractivity contribution in [2.24, 2.45) is 0 Å². The summed E-state index contributed by atoms with van der Waals surface area (Å²) >= 11 is 1.70. The monoisotopic (exact) mass is 315 g/mol. The molecule has 1 aromatic heterocycles. The Morgan fingerprint density at radius 3 is 3.06 bits per heavy atom. The Bertz CT molecular complexity index is 482. The minimum atomic E-state index is 0. The number of anilines is 1. The number of rotatable bonds is 3. The molecule has 5 heteroatoms. The van der Waals surface area contributed by atoms with Crippen LogP contribution in [0, 0.1) is 6.08 Å². The predicted molar refractivity (Wildman–Crippen MR) is 67.5 cm³/mol. The molecule has 0 fully saturated rings. The molecule has 2 aromatic rings. The Labute approximate surface area is 154 Å². The third kappa shape index (κ3) is 3.46. The van der Waals surface area contributed by atoms with Gasteiger partial charge in [0.1, 0.15) is 0 Å². The van der Waals surface area contributed by atoms with Gasteiger partial charge in [0.25, 0.3) is 0 Å². The van der Waals surface area contributed by atoms with E-state index in [0.29, 0.717) is 0 Å². The van der Waals surface area contributed by atoms with Crippen LogP contribution >= 0.6 is 11.3 Å². The van der Waals surface area contributed by atoms with Crippen molar-refractivity contribution in [3.63, 3.8) is 0 Å². The normalized spacial score (nSPS) is 15.1. The van der Waals surface area contributed by atoms with Crippen LogP contribution < -0.4 is 63.5 Å². The van der Waals surface area contributed by atoms with Gasteiger partial charge in [-0.15, -0.1) is 6.54 Å². The van der Waals surface area contributed by atoms with Crippen molar-refractivity contribution in [1.82, 2.24) is 9.88 Å². The van der Waals surface area contributed by atoms with E-state index in [1.807, 2.05) is 18.2 Å². The maximum absolute atomic E-state index is 4.52. The molecule has 0 saturated carbocycles. The van der Waals surface area contributed by atoms with Gasteiger partial charge >= 0.3 is 58.2 Å². The van der Waals surface area contributed by atoms with Crippen LogP contribution in [0.3, 0.4) is 0 Å². The number of thiazole rings is 1. The van der Waals surface area contributed by atoms with Crippen LogP contribution in [0.4, 0.5) is 5.13 Å². The van der Waals surface area contributed by atoms with E-state index in [2.05, 4.69) is 33.4 Å². The fraction of sp³-hybridized carbons (Fsp3) is 0.250. The molecule has 1 aliphatic rings. The van der Waals surface area contributed by atoms with Crippen molar-refractivity contribution in [2.45, 2.75) is 0 Å². The number of nitrogens with one attached hydrogen (secondary N) is 1. The first-order valence-electron chi connectivity index (χ1n) is 5.29. The van der Waals surface area contributed by atoms with E-state index >= 15 is 0 Å². The van der Waals surface area contributed by atoms with Gasteiger partial charge in [-0.25, -0.2) is 4.98 Å². The summed E-state index contributed by atoms with van der Waals surface area (Å²) in [5.74, 6) is 0.